The molecule has 0 fully saturated rings. The standard InChI is InChI=1S/C13H25NO2/c1-5-14-12(11-8-7-9-16-11)13(10(3)4)15-6-2/h8,10,12-14H,5-7,9H2,1-4H3. The molecule has 2 atom stereocenters. The lowest BCUT2D eigenvalue weighted by molar-refractivity contribution is -0.0000470. The lowest BCUT2D eigenvalue weighted by Crippen LogP contribution is -2.45. The Labute approximate surface area is 99.2 Å². The van der Waals surface area contributed by atoms with Crippen molar-refractivity contribution in [2.24, 2.45) is 5.92 Å². The molecule has 1 N–H and O–H groups in total. The fourth-order valence-electron chi connectivity index (χ4n) is 2.12. The van der Waals surface area contributed by atoms with Gasteiger partial charge >= 0.3 is 0 Å². The molecule has 2 unspecified atom stereocenters. The van der Waals surface area contributed by atoms with Crippen molar-refractivity contribution in [3.8, 4) is 0 Å². The van der Waals surface area contributed by atoms with Crippen LogP contribution < -0.4 is 5.32 Å². The van der Waals surface area contributed by atoms with Gasteiger partial charge in [-0.1, -0.05) is 20.8 Å². The number of hydrogen-bond acceptors (Lipinski definition) is 3. The molecular formula is C13H25NO2. The number of hydrogen-bond donors (Lipinski definition) is 1. The third-order valence-corrected chi connectivity index (χ3v) is 2.81. The second-order valence-corrected chi connectivity index (χ2v) is 4.44. The van der Waals surface area contributed by atoms with Crippen LogP contribution in [0.15, 0.2) is 11.8 Å². The second-order valence-electron chi connectivity index (χ2n) is 4.44. The van der Waals surface area contributed by atoms with Crippen molar-refractivity contribution < 1.29 is 9.47 Å². The van der Waals surface area contributed by atoms with E-state index in [0.29, 0.717) is 5.92 Å². The fraction of sp³-hybridized carbons (Fsp3) is 0.846. The molecule has 0 aliphatic carbocycles. The maximum Gasteiger partial charge on any atom is 0.112 e. The van der Waals surface area contributed by atoms with E-state index in [4.69, 9.17) is 9.47 Å². The molecule has 94 valence electrons. The van der Waals surface area contributed by atoms with E-state index >= 15 is 0 Å². The minimum atomic E-state index is 0.189. The summed E-state index contributed by atoms with van der Waals surface area (Å²) in [7, 11) is 0. The maximum atomic E-state index is 5.85. The third kappa shape index (κ3) is 3.49. The number of ether oxygens (including phenoxy) is 2. The van der Waals surface area contributed by atoms with Crippen molar-refractivity contribution in [1.82, 2.24) is 5.32 Å². The molecule has 1 aliphatic heterocycles. The van der Waals surface area contributed by atoms with E-state index in [1.165, 1.54) is 0 Å². The van der Waals surface area contributed by atoms with Gasteiger partial charge in [0.1, 0.15) is 5.76 Å². The van der Waals surface area contributed by atoms with Gasteiger partial charge in [0, 0.05) is 13.0 Å². The van der Waals surface area contributed by atoms with Crippen molar-refractivity contribution in [3.63, 3.8) is 0 Å². The summed E-state index contributed by atoms with van der Waals surface area (Å²) in [6.45, 7) is 11.0. The number of likely N-dealkylation sites (N-methyl/N-ethyl adjacent to an activating group) is 1. The quantitative estimate of drug-likeness (QED) is 0.724. The molecule has 0 radical (unpaired) electrons. The molecule has 0 saturated carbocycles. The zero-order valence-electron chi connectivity index (χ0n) is 11.0. The predicted molar refractivity (Wildman–Crippen MR) is 66.4 cm³/mol. The van der Waals surface area contributed by atoms with Crippen LogP contribution in [0.5, 0.6) is 0 Å². The van der Waals surface area contributed by atoms with Crippen molar-refractivity contribution in [2.75, 3.05) is 19.8 Å². The van der Waals surface area contributed by atoms with Crippen LogP contribution in [0, 0.1) is 5.92 Å². The van der Waals surface area contributed by atoms with E-state index in [2.05, 4.69) is 32.2 Å². The van der Waals surface area contributed by atoms with E-state index in [0.717, 1.165) is 31.9 Å². The van der Waals surface area contributed by atoms with Crippen LogP contribution in [0.25, 0.3) is 0 Å². The molecule has 0 aromatic rings. The highest BCUT2D eigenvalue weighted by atomic mass is 16.5. The van der Waals surface area contributed by atoms with Crippen molar-refractivity contribution in [3.05, 3.63) is 11.8 Å². The minimum Gasteiger partial charge on any atom is -0.496 e. The first-order valence-electron chi connectivity index (χ1n) is 6.38. The lowest BCUT2D eigenvalue weighted by atomic mass is 9.97. The molecule has 1 aliphatic rings. The Hall–Kier alpha value is -0.540. The van der Waals surface area contributed by atoms with E-state index in [1.807, 2.05) is 6.92 Å². The Kier molecular flexibility index (Phi) is 5.85. The van der Waals surface area contributed by atoms with Crippen LogP contribution in [-0.4, -0.2) is 31.9 Å². The van der Waals surface area contributed by atoms with Gasteiger partial charge < -0.3 is 14.8 Å². The summed E-state index contributed by atoms with van der Waals surface area (Å²) >= 11 is 0. The fourth-order valence-corrected chi connectivity index (χ4v) is 2.12. The van der Waals surface area contributed by atoms with Gasteiger partial charge in [-0.3, -0.25) is 0 Å². The summed E-state index contributed by atoms with van der Waals surface area (Å²) in [4.78, 5) is 0. The molecule has 3 nitrogen and oxygen atoms in total. The molecular weight excluding hydrogens is 202 g/mol. The number of nitrogens with one attached hydrogen (secondary N) is 1. The molecule has 0 bridgehead atoms. The first-order valence-corrected chi connectivity index (χ1v) is 6.38. The van der Waals surface area contributed by atoms with E-state index < -0.39 is 0 Å². The highest BCUT2D eigenvalue weighted by molar-refractivity contribution is 5.10. The normalized spacial score (nSPS) is 19.4. The zero-order chi connectivity index (χ0) is 12.0. The van der Waals surface area contributed by atoms with Crippen LogP contribution in [0.1, 0.15) is 34.1 Å². The molecule has 1 rings (SSSR count). The summed E-state index contributed by atoms with van der Waals surface area (Å²) in [6, 6.07) is 0.201. The smallest absolute Gasteiger partial charge is 0.112 e. The van der Waals surface area contributed by atoms with Crippen molar-refractivity contribution in [1.29, 1.82) is 0 Å². The average molecular weight is 227 g/mol. The predicted octanol–water partition coefficient (Wildman–Crippen LogP) is 2.33. The average Bonchev–Trinajstić information content (AvgIpc) is 2.76. The van der Waals surface area contributed by atoms with E-state index in [1.54, 1.807) is 0 Å². The topological polar surface area (TPSA) is 30.5 Å². The Morgan fingerprint density at radius 3 is 2.62 bits per heavy atom. The van der Waals surface area contributed by atoms with Gasteiger partial charge in [0.2, 0.25) is 0 Å². The minimum absolute atomic E-state index is 0.189. The van der Waals surface area contributed by atoms with Gasteiger partial charge in [0.15, 0.2) is 0 Å². The molecule has 3 heteroatoms. The summed E-state index contributed by atoms with van der Waals surface area (Å²) in [5.41, 5.74) is 0. The van der Waals surface area contributed by atoms with Gasteiger partial charge in [0.25, 0.3) is 0 Å². The lowest BCUT2D eigenvalue weighted by Gasteiger charge is -2.31. The summed E-state index contributed by atoms with van der Waals surface area (Å²) in [5, 5.41) is 3.47. The Bertz CT molecular complexity index is 226. The van der Waals surface area contributed by atoms with Crippen molar-refractivity contribution in [2.45, 2.75) is 46.3 Å². The highest BCUT2D eigenvalue weighted by Crippen LogP contribution is 2.22. The van der Waals surface area contributed by atoms with Crippen LogP contribution in [-0.2, 0) is 9.47 Å². The van der Waals surface area contributed by atoms with Gasteiger partial charge in [-0.2, -0.15) is 0 Å². The molecule has 0 spiro atoms. The Morgan fingerprint density at radius 2 is 2.19 bits per heavy atom. The molecule has 0 saturated heterocycles. The molecule has 16 heavy (non-hydrogen) atoms. The first kappa shape index (κ1) is 13.5. The highest BCUT2D eigenvalue weighted by Gasteiger charge is 2.29. The SMILES string of the molecule is CCNC(C1=CCCO1)C(OCC)C(C)C. The van der Waals surface area contributed by atoms with Crippen LogP contribution in [0.3, 0.4) is 0 Å². The van der Waals surface area contributed by atoms with Crippen LogP contribution in [0.2, 0.25) is 0 Å². The largest absolute Gasteiger partial charge is 0.496 e. The van der Waals surface area contributed by atoms with Crippen LogP contribution >= 0.6 is 0 Å². The summed E-state index contributed by atoms with van der Waals surface area (Å²) in [5.74, 6) is 1.54. The summed E-state index contributed by atoms with van der Waals surface area (Å²) < 4.78 is 11.5. The molecule has 0 aromatic heterocycles. The van der Waals surface area contributed by atoms with Gasteiger partial charge in [-0.15, -0.1) is 0 Å². The van der Waals surface area contributed by atoms with E-state index in [9.17, 15) is 0 Å². The van der Waals surface area contributed by atoms with E-state index in [-0.39, 0.29) is 12.1 Å². The van der Waals surface area contributed by atoms with Gasteiger partial charge in [-0.05, 0) is 25.5 Å². The maximum absolute atomic E-state index is 5.85. The Balaban J connectivity index is 2.71. The monoisotopic (exact) mass is 227 g/mol. The van der Waals surface area contributed by atoms with Gasteiger partial charge in [0.05, 0.1) is 18.8 Å². The Morgan fingerprint density at radius 1 is 1.44 bits per heavy atom. The third-order valence-electron chi connectivity index (χ3n) is 2.81. The first-order chi connectivity index (χ1) is 7.70. The van der Waals surface area contributed by atoms with Gasteiger partial charge in [-0.25, -0.2) is 0 Å². The molecule has 0 amide bonds. The van der Waals surface area contributed by atoms with Crippen LogP contribution in [0.4, 0.5) is 0 Å². The molecule has 0 aromatic carbocycles. The van der Waals surface area contributed by atoms with Crippen molar-refractivity contribution >= 4 is 0 Å². The number of rotatable bonds is 7. The molecule has 1 heterocycles. The zero-order valence-corrected chi connectivity index (χ0v) is 11.0. The summed E-state index contributed by atoms with van der Waals surface area (Å²) in [6.07, 6.45) is 3.39. The second kappa shape index (κ2) is 6.92.